The van der Waals surface area contributed by atoms with E-state index in [-0.39, 0.29) is 0 Å². The fraction of sp³-hybridized carbons (Fsp3) is 0.100. The molecular weight excluding hydrogens is 374 g/mol. The zero-order valence-electron chi connectivity index (χ0n) is 14.7. The molecular formula is C20H15F4N3O. The molecule has 0 amide bonds. The second kappa shape index (κ2) is 8.51. The van der Waals surface area contributed by atoms with E-state index in [1.807, 2.05) is 35.8 Å². The van der Waals surface area contributed by atoms with Crippen molar-refractivity contribution in [2.75, 3.05) is 5.43 Å². The lowest BCUT2D eigenvalue weighted by Crippen LogP contribution is -2.07. The van der Waals surface area contributed by atoms with E-state index in [0.29, 0.717) is 23.6 Å². The van der Waals surface area contributed by atoms with Crippen molar-refractivity contribution in [3.05, 3.63) is 89.3 Å². The molecule has 1 N–H and O–H groups in total. The summed E-state index contributed by atoms with van der Waals surface area (Å²) in [5.41, 5.74) is 2.94. The van der Waals surface area contributed by atoms with Gasteiger partial charge in [0.25, 0.3) is 11.9 Å². The first kappa shape index (κ1) is 19.3. The number of nitrogens with zero attached hydrogens (tertiary/aromatic N) is 2. The molecule has 0 saturated carbocycles. The second-order valence-electron chi connectivity index (χ2n) is 5.80. The summed E-state index contributed by atoms with van der Waals surface area (Å²) in [4.78, 5) is 2.48. The van der Waals surface area contributed by atoms with Crippen molar-refractivity contribution >= 4 is 11.4 Å². The van der Waals surface area contributed by atoms with E-state index in [2.05, 4.69) is 10.1 Å². The predicted octanol–water partition coefficient (Wildman–Crippen LogP) is 5.05. The number of pyridine rings is 1. The summed E-state index contributed by atoms with van der Waals surface area (Å²) in [7, 11) is 0. The lowest BCUT2D eigenvalue weighted by atomic mass is 10.1. The van der Waals surface area contributed by atoms with Gasteiger partial charge >= 0.3 is 0 Å². The first-order valence-corrected chi connectivity index (χ1v) is 8.23. The van der Waals surface area contributed by atoms with Crippen LogP contribution in [0, 0.1) is 23.5 Å². The minimum Gasteiger partial charge on any atom is -0.489 e. The van der Waals surface area contributed by atoms with E-state index in [4.69, 9.17) is 4.74 Å². The maximum Gasteiger partial charge on any atom is 0.254 e. The Kier molecular flexibility index (Phi) is 5.88. The largest absolute Gasteiger partial charge is 0.489 e. The van der Waals surface area contributed by atoms with Crippen LogP contribution in [0.1, 0.15) is 18.1 Å². The van der Waals surface area contributed by atoms with Gasteiger partial charge < -0.3 is 4.74 Å². The van der Waals surface area contributed by atoms with Crippen molar-refractivity contribution in [2.45, 2.75) is 13.5 Å². The van der Waals surface area contributed by atoms with Gasteiger partial charge in [-0.25, -0.2) is 0 Å². The highest BCUT2D eigenvalue weighted by atomic mass is 19.2. The van der Waals surface area contributed by atoms with E-state index >= 15 is 0 Å². The van der Waals surface area contributed by atoms with Crippen molar-refractivity contribution in [3.8, 4) is 5.75 Å². The molecule has 0 aliphatic rings. The molecule has 1 aromatic heterocycles. The number of halogens is 4. The lowest BCUT2D eigenvalue weighted by Gasteiger charge is -2.08. The summed E-state index contributed by atoms with van der Waals surface area (Å²) in [5.74, 6) is -6.19. The van der Waals surface area contributed by atoms with Gasteiger partial charge in [0, 0.05) is 0 Å². The first-order valence-electron chi connectivity index (χ1n) is 8.23. The Hall–Kier alpha value is -3.42. The SMILES string of the molecule is C/C(=N/Nc1c(F)c(F)nc(F)c1F)c1ccc(OCc2ccccc2)cc1. The van der Waals surface area contributed by atoms with Crippen LogP contribution >= 0.6 is 0 Å². The van der Waals surface area contributed by atoms with Gasteiger partial charge in [-0.2, -0.15) is 27.6 Å². The van der Waals surface area contributed by atoms with Gasteiger partial charge in [0.05, 0.1) is 5.71 Å². The average Bonchev–Trinajstić information content (AvgIpc) is 2.72. The number of benzene rings is 2. The Morgan fingerprint density at radius 3 is 2.14 bits per heavy atom. The fourth-order valence-electron chi connectivity index (χ4n) is 2.32. The third-order valence-corrected chi connectivity index (χ3v) is 3.85. The third-order valence-electron chi connectivity index (χ3n) is 3.85. The van der Waals surface area contributed by atoms with Crippen LogP contribution in [0.5, 0.6) is 5.75 Å². The third kappa shape index (κ3) is 4.46. The zero-order chi connectivity index (χ0) is 20.1. The van der Waals surface area contributed by atoms with Crippen LogP contribution in [0.2, 0.25) is 0 Å². The number of hydrogen-bond acceptors (Lipinski definition) is 4. The van der Waals surface area contributed by atoms with Gasteiger partial charge in [-0.15, -0.1) is 0 Å². The first-order chi connectivity index (χ1) is 13.5. The average molecular weight is 389 g/mol. The Balaban J connectivity index is 1.68. The Labute approximate surface area is 158 Å². The molecule has 0 spiro atoms. The molecule has 0 radical (unpaired) electrons. The van der Waals surface area contributed by atoms with Crippen LogP contribution < -0.4 is 10.2 Å². The molecule has 0 unspecified atom stereocenters. The summed E-state index contributed by atoms with van der Waals surface area (Å²) in [5, 5.41) is 3.78. The molecule has 0 fully saturated rings. The zero-order valence-corrected chi connectivity index (χ0v) is 14.7. The number of anilines is 1. The summed E-state index contributed by atoms with van der Waals surface area (Å²) in [6, 6.07) is 16.5. The standard InChI is InChI=1S/C20H15F4N3O/c1-12(26-27-18-16(21)19(23)25-20(24)17(18)22)14-7-9-15(10-8-14)28-11-13-5-3-2-4-6-13/h2-10H,11H2,1H3,(H,25,27)/b26-12-. The Morgan fingerprint density at radius 1 is 0.929 bits per heavy atom. The molecule has 1 heterocycles. The summed E-state index contributed by atoms with van der Waals surface area (Å²) >= 11 is 0. The van der Waals surface area contributed by atoms with Crippen molar-refractivity contribution in [1.29, 1.82) is 0 Å². The number of nitrogens with one attached hydrogen (secondary N) is 1. The molecule has 144 valence electrons. The van der Waals surface area contributed by atoms with Crippen molar-refractivity contribution in [1.82, 2.24) is 4.98 Å². The number of hydrogen-bond donors (Lipinski definition) is 1. The normalized spacial score (nSPS) is 11.4. The van der Waals surface area contributed by atoms with E-state index < -0.39 is 29.2 Å². The predicted molar refractivity (Wildman–Crippen MR) is 97.1 cm³/mol. The van der Waals surface area contributed by atoms with Gasteiger partial charge in [0.2, 0.25) is 11.6 Å². The van der Waals surface area contributed by atoms with Crippen LogP contribution in [-0.4, -0.2) is 10.7 Å². The van der Waals surface area contributed by atoms with Gasteiger partial charge in [-0.3, -0.25) is 5.43 Å². The monoisotopic (exact) mass is 389 g/mol. The smallest absolute Gasteiger partial charge is 0.254 e. The van der Waals surface area contributed by atoms with Crippen molar-refractivity contribution in [2.24, 2.45) is 5.10 Å². The van der Waals surface area contributed by atoms with Gasteiger partial charge in [0.1, 0.15) is 18.0 Å². The minimum atomic E-state index is -1.76. The van der Waals surface area contributed by atoms with Gasteiger partial charge in [-0.1, -0.05) is 30.3 Å². The molecule has 3 aromatic rings. The van der Waals surface area contributed by atoms with Crippen molar-refractivity contribution in [3.63, 3.8) is 0 Å². The molecule has 0 bridgehead atoms. The fourth-order valence-corrected chi connectivity index (χ4v) is 2.32. The molecule has 0 aliphatic carbocycles. The van der Waals surface area contributed by atoms with E-state index in [1.165, 1.54) is 0 Å². The van der Waals surface area contributed by atoms with E-state index in [9.17, 15) is 17.6 Å². The molecule has 28 heavy (non-hydrogen) atoms. The van der Waals surface area contributed by atoms with E-state index in [1.54, 1.807) is 31.2 Å². The van der Waals surface area contributed by atoms with E-state index in [0.717, 1.165) is 5.56 Å². The summed E-state index contributed by atoms with van der Waals surface area (Å²) in [6.07, 6.45) is 0. The topological polar surface area (TPSA) is 46.5 Å². The van der Waals surface area contributed by atoms with Crippen LogP contribution in [0.25, 0.3) is 0 Å². The number of hydrazone groups is 1. The van der Waals surface area contributed by atoms with Gasteiger partial charge in [0.15, 0.2) is 0 Å². The molecule has 3 rings (SSSR count). The molecule has 0 aliphatic heterocycles. The second-order valence-corrected chi connectivity index (χ2v) is 5.80. The maximum absolute atomic E-state index is 13.6. The van der Waals surface area contributed by atoms with Crippen LogP contribution in [-0.2, 0) is 6.61 Å². The highest BCUT2D eigenvalue weighted by Gasteiger charge is 2.20. The minimum absolute atomic E-state index is 0.339. The molecule has 2 aromatic carbocycles. The number of aromatic nitrogens is 1. The van der Waals surface area contributed by atoms with Crippen molar-refractivity contribution < 1.29 is 22.3 Å². The highest BCUT2D eigenvalue weighted by molar-refractivity contribution is 5.99. The molecule has 8 heteroatoms. The number of ether oxygens (including phenoxy) is 1. The van der Waals surface area contributed by atoms with Crippen LogP contribution in [0.15, 0.2) is 59.7 Å². The Bertz CT molecular complexity index is 966. The lowest BCUT2D eigenvalue weighted by molar-refractivity contribution is 0.306. The Morgan fingerprint density at radius 2 is 1.54 bits per heavy atom. The maximum atomic E-state index is 13.6. The molecule has 0 saturated heterocycles. The van der Waals surface area contributed by atoms with Crippen LogP contribution in [0.4, 0.5) is 23.2 Å². The highest BCUT2D eigenvalue weighted by Crippen LogP contribution is 2.22. The molecule has 4 nitrogen and oxygen atoms in total. The van der Waals surface area contributed by atoms with Gasteiger partial charge in [-0.05, 0) is 42.3 Å². The summed E-state index contributed by atoms with van der Waals surface area (Å²) < 4.78 is 59.1. The van der Waals surface area contributed by atoms with Crippen LogP contribution in [0.3, 0.4) is 0 Å². The number of rotatable bonds is 6. The summed E-state index contributed by atoms with van der Waals surface area (Å²) in [6.45, 7) is 1.98. The quantitative estimate of drug-likeness (QED) is 0.278. The molecule has 0 atom stereocenters.